The molecule has 7 nitrogen and oxygen atoms in total. The monoisotopic (exact) mass is 370 g/mol. The Bertz CT molecular complexity index is 894. The SMILES string of the molecule is CC(=O)NCc1ccc(C(=O)OCC(=O)c2[nH]c(C)c(C(C)=O)c2C)cc1. The molecule has 0 radical (unpaired) electrons. The number of hydrogen-bond donors (Lipinski definition) is 2. The summed E-state index contributed by atoms with van der Waals surface area (Å²) < 4.78 is 5.08. The largest absolute Gasteiger partial charge is 0.454 e. The molecular formula is C20H22N2O5. The summed E-state index contributed by atoms with van der Waals surface area (Å²) in [6.45, 7) is 6.21. The van der Waals surface area contributed by atoms with Gasteiger partial charge in [0.1, 0.15) is 0 Å². The molecule has 2 rings (SSSR count). The van der Waals surface area contributed by atoms with Crippen LogP contribution in [0.5, 0.6) is 0 Å². The molecule has 0 unspecified atom stereocenters. The van der Waals surface area contributed by atoms with Crippen LogP contribution >= 0.6 is 0 Å². The number of carbonyl (C=O) groups is 4. The molecule has 0 saturated carbocycles. The highest BCUT2D eigenvalue weighted by atomic mass is 16.5. The highest BCUT2D eigenvalue weighted by Crippen LogP contribution is 2.19. The summed E-state index contributed by atoms with van der Waals surface area (Å²) in [5.74, 6) is -1.29. The van der Waals surface area contributed by atoms with Crippen LogP contribution in [-0.4, -0.2) is 35.0 Å². The van der Waals surface area contributed by atoms with Crippen molar-refractivity contribution >= 4 is 23.4 Å². The summed E-state index contributed by atoms with van der Waals surface area (Å²) in [4.78, 5) is 49.9. The zero-order valence-electron chi connectivity index (χ0n) is 15.8. The van der Waals surface area contributed by atoms with E-state index in [2.05, 4.69) is 10.3 Å². The first-order chi connectivity index (χ1) is 12.7. The highest BCUT2D eigenvalue weighted by molar-refractivity contribution is 6.04. The third-order valence-electron chi connectivity index (χ3n) is 4.13. The third-order valence-corrected chi connectivity index (χ3v) is 4.13. The van der Waals surface area contributed by atoms with Crippen molar-refractivity contribution in [2.24, 2.45) is 0 Å². The van der Waals surface area contributed by atoms with E-state index >= 15 is 0 Å². The van der Waals surface area contributed by atoms with Gasteiger partial charge in [-0.25, -0.2) is 4.79 Å². The van der Waals surface area contributed by atoms with Crippen LogP contribution in [-0.2, 0) is 16.1 Å². The van der Waals surface area contributed by atoms with Crippen LogP contribution in [0.15, 0.2) is 24.3 Å². The van der Waals surface area contributed by atoms with Crippen LogP contribution in [0, 0.1) is 13.8 Å². The lowest BCUT2D eigenvalue weighted by molar-refractivity contribution is -0.119. The summed E-state index contributed by atoms with van der Waals surface area (Å²) in [7, 11) is 0. The highest BCUT2D eigenvalue weighted by Gasteiger charge is 2.21. The number of amides is 1. The molecule has 0 spiro atoms. The van der Waals surface area contributed by atoms with Gasteiger partial charge in [-0.1, -0.05) is 12.1 Å². The Morgan fingerprint density at radius 3 is 2.19 bits per heavy atom. The minimum atomic E-state index is -0.623. The van der Waals surface area contributed by atoms with Gasteiger partial charge in [-0.2, -0.15) is 0 Å². The van der Waals surface area contributed by atoms with Crippen LogP contribution < -0.4 is 5.32 Å². The van der Waals surface area contributed by atoms with Crippen molar-refractivity contribution in [1.29, 1.82) is 0 Å². The van der Waals surface area contributed by atoms with Crippen molar-refractivity contribution in [1.82, 2.24) is 10.3 Å². The molecule has 1 amide bonds. The Kier molecular flexibility index (Phi) is 6.28. The third kappa shape index (κ3) is 4.91. The van der Waals surface area contributed by atoms with Crippen molar-refractivity contribution in [3.8, 4) is 0 Å². The van der Waals surface area contributed by atoms with Gasteiger partial charge in [0, 0.05) is 24.7 Å². The smallest absolute Gasteiger partial charge is 0.338 e. The van der Waals surface area contributed by atoms with Crippen molar-refractivity contribution in [2.75, 3.05) is 6.61 Å². The van der Waals surface area contributed by atoms with Gasteiger partial charge in [-0.05, 0) is 44.0 Å². The number of esters is 1. The van der Waals surface area contributed by atoms with Gasteiger partial charge in [0.15, 0.2) is 12.4 Å². The Morgan fingerprint density at radius 2 is 1.67 bits per heavy atom. The van der Waals surface area contributed by atoms with Gasteiger partial charge in [0.05, 0.1) is 11.3 Å². The minimum Gasteiger partial charge on any atom is -0.454 e. The van der Waals surface area contributed by atoms with Crippen molar-refractivity contribution in [3.63, 3.8) is 0 Å². The van der Waals surface area contributed by atoms with Crippen LogP contribution in [0.1, 0.15) is 61.9 Å². The van der Waals surface area contributed by atoms with E-state index in [9.17, 15) is 19.2 Å². The molecule has 0 fully saturated rings. The van der Waals surface area contributed by atoms with E-state index in [4.69, 9.17) is 4.74 Å². The summed E-state index contributed by atoms with van der Waals surface area (Å²) in [5, 5.41) is 2.66. The fourth-order valence-corrected chi connectivity index (χ4v) is 2.83. The molecule has 0 aliphatic heterocycles. The summed E-state index contributed by atoms with van der Waals surface area (Å²) in [5.41, 5.74) is 3.08. The first-order valence-electron chi connectivity index (χ1n) is 8.44. The van der Waals surface area contributed by atoms with Gasteiger partial charge < -0.3 is 15.0 Å². The van der Waals surface area contributed by atoms with Crippen LogP contribution in [0.4, 0.5) is 0 Å². The molecule has 0 aliphatic rings. The average molecular weight is 370 g/mol. The van der Waals surface area contributed by atoms with E-state index < -0.39 is 18.4 Å². The molecule has 2 N–H and O–H groups in total. The second kappa shape index (κ2) is 8.44. The molecule has 7 heteroatoms. The van der Waals surface area contributed by atoms with E-state index in [-0.39, 0.29) is 17.4 Å². The number of aryl methyl sites for hydroxylation is 1. The van der Waals surface area contributed by atoms with E-state index in [1.807, 2.05) is 0 Å². The average Bonchev–Trinajstić information content (AvgIpc) is 2.92. The Balaban J connectivity index is 1.99. The predicted molar refractivity (Wildman–Crippen MR) is 98.8 cm³/mol. The lowest BCUT2D eigenvalue weighted by atomic mass is 10.1. The van der Waals surface area contributed by atoms with Crippen LogP contribution in [0.25, 0.3) is 0 Å². The number of ketones is 2. The quantitative estimate of drug-likeness (QED) is 0.575. The number of aromatic amines is 1. The Hall–Kier alpha value is -3.22. The van der Waals surface area contributed by atoms with E-state index in [0.717, 1.165) is 5.56 Å². The summed E-state index contributed by atoms with van der Waals surface area (Å²) >= 11 is 0. The fourth-order valence-electron chi connectivity index (χ4n) is 2.83. The van der Waals surface area contributed by atoms with Crippen molar-refractivity contribution in [2.45, 2.75) is 34.2 Å². The standard InChI is InChI=1S/C20H22N2O5/c1-11-18(13(3)23)12(2)22-19(11)17(25)10-27-20(26)16-7-5-15(6-8-16)9-21-14(4)24/h5-8,22H,9-10H2,1-4H3,(H,21,24). The first-order valence-corrected chi connectivity index (χ1v) is 8.44. The Morgan fingerprint density at radius 1 is 1.04 bits per heavy atom. The number of nitrogens with one attached hydrogen (secondary N) is 2. The molecule has 1 heterocycles. The molecule has 0 bridgehead atoms. The number of ether oxygens (including phenoxy) is 1. The molecule has 0 saturated heterocycles. The van der Waals surface area contributed by atoms with Gasteiger partial charge in [0.2, 0.25) is 11.7 Å². The predicted octanol–water partition coefficient (Wildman–Crippen LogP) is 2.51. The van der Waals surface area contributed by atoms with Gasteiger partial charge in [-0.3, -0.25) is 14.4 Å². The Labute approximate surface area is 157 Å². The molecular weight excluding hydrogens is 348 g/mol. The fraction of sp³-hybridized carbons (Fsp3) is 0.300. The number of hydrogen-bond acceptors (Lipinski definition) is 5. The molecule has 1 aromatic heterocycles. The first kappa shape index (κ1) is 20.1. The van der Waals surface area contributed by atoms with E-state index in [1.54, 1.807) is 38.1 Å². The second-order valence-corrected chi connectivity index (χ2v) is 6.29. The topological polar surface area (TPSA) is 105 Å². The number of rotatable bonds is 7. The molecule has 0 atom stereocenters. The number of carbonyl (C=O) groups excluding carboxylic acids is 4. The van der Waals surface area contributed by atoms with Gasteiger partial charge >= 0.3 is 5.97 Å². The van der Waals surface area contributed by atoms with Crippen LogP contribution in [0.2, 0.25) is 0 Å². The summed E-state index contributed by atoms with van der Waals surface area (Å²) in [6, 6.07) is 6.54. The van der Waals surface area contributed by atoms with E-state index in [1.165, 1.54) is 13.8 Å². The van der Waals surface area contributed by atoms with Gasteiger partial charge in [-0.15, -0.1) is 0 Å². The number of H-pyrrole nitrogens is 1. The maximum atomic E-state index is 12.3. The minimum absolute atomic E-state index is 0.128. The zero-order chi connectivity index (χ0) is 20.1. The molecule has 1 aromatic carbocycles. The summed E-state index contributed by atoms with van der Waals surface area (Å²) in [6.07, 6.45) is 0. The second-order valence-electron chi connectivity index (χ2n) is 6.29. The van der Waals surface area contributed by atoms with E-state index in [0.29, 0.717) is 28.9 Å². The lowest BCUT2D eigenvalue weighted by Crippen LogP contribution is -2.19. The van der Waals surface area contributed by atoms with Crippen molar-refractivity contribution in [3.05, 3.63) is 57.9 Å². The normalized spacial score (nSPS) is 10.4. The van der Waals surface area contributed by atoms with Crippen LogP contribution in [0.3, 0.4) is 0 Å². The number of Topliss-reactive ketones (excluding diaryl/α,β-unsaturated/α-hetero) is 2. The maximum absolute atomic E-state index is 12.3. The molecule has 27 heavy (non-hydrogen) atoms. The molecule has 142 valence electrons. The maximum Gasteiger partial charge on any atom is 0.338 e. The zero-order valence-corrected chi connectivity index (χ0v) is 15.8. The number of benzene rings is 1. The molecule has 0 aliphatic carbocycles. The van der Waals surface area contributed by atoms with Gasteiger partial charge in [0.25, 0.3) is 0 Å². The van der Waals surface area contributed by atoms with Crippen molar-refractivity contribution < 1.29 is 23.9 Å². The molecule has 2 aromatic rings. The lowest BCUT2D eigenvalue weighted by Gasteiger charge is -2.06. The number of aromatic nitrogens is 1.